The molecule has 3 unspecified atom stereocenters. The summed E-state index contributed by atoms with van der Waals surface area (Å²) < 4.78 is 0. The van der Waals surface area contributed by atoms with Crippen LogP contribution >= 0.6 is 12.6 Å². The third kappa shape index (κ3) is 9.22. The molecule has 176 valence electrons. The number of nitrogens with two attached hydrogens (primary N) is 2. The van der Waals surface area contributed by atoms with Gasteiger partial charge in [-0.15, -0.1) is 0 Å². The zero-order valence-electron chi connectivity index (χ0n) is 17.1. The molecule has 0 saturated carbocycles. The number of carboxylic acids is 1. The number of rotatable bonds is 13. The van der Waals surface area contributed by atoms with E-state index in [2.05, 4.69) is 28.6 Å². The Morgan fingerprint density at radius 1 is 0.938 bits per heavy atom. The van der Waals surface area contributed by atoms with Crippen molar-refractivity contribution in [3.63, 3.8) is 0 Å². The van der Waals surface area contributed by atoms with Gasteiger partial charge in [-0.25, -0.2) is 4.79 Å². The molecule has 9 N–H and O–H groups in total. The van der Waals surface area contributed by atoms with Gasteiger partial charge >= 0.3 is 5.97 Å². The maximum absolute atomic E-state index is 12.8. The molecular formula is C19H27N5O7S. The molecular weight excluding hydrogens is 442 g/mol. The molecule has 13 heteroatoms. The highest BCUT2D eigenvalue weighted by Crippen LogP contribution is 2.12. The molecule has 32 heavy (non-hydrogen) atoms. The van der Waals surface area contributed by atoms with E-state index in [9.17, 15) is 34.2 Å². The average Bonchev–Trinajstić information content (AvgIpc) is 2.74. The first kappa shape index (κ1) is 26.7. The van der Waals surface area contributed by atoms with Gasteiger partial charge in [-0.3, -0.25) is 19.2 Å². The number of aliphatic carboxylic acids is 1. The number of phenolic OH excluding ortho intramolecular Hbond substituents is 1. The minimum Gasteiger partial charge on any atom is -0.508 e. The highest BCUT2D eigenvalue weighted by molar-refractivity contribution is 7.80. The molecule has 0 aliphatic carbocycles. The van der Waals surface area contributed by atoms with Crippen molar-refractivity contribution in [2.45, 2.75) is 37.4 Å². The van der Waals surface area contributed by atoms with Crippen LogP contribution in [0.5, 0.6) is 5.75 Å². The van der Waals surface area contributed by atoms with Crippen LogP contribution in [0.3, 0.4) is 0 Å². The van der Waals surface area contributed by atoms with Crippen molar-refractivity contribution >= 4 is 42.2 Å². The maximum atomic E-state index is 12.8. The van der Waals surface area contributed by atoms with E-state index in [1.807, 2.05) is 0 Å². The fourth-order valence-corrected chi connectivity index (χ4v) is 2.87. The van der Waals surface area contributed by atoms with E-state index in [-0.39, 0.29) is 37.3 Å². The van der Waals surface area contributed by atoms with Crippen LogP contribution in [-0.2, 0) is 30.4 Å². The van der Waals surface area contributed by atoms with Crippen LogP contribution in [0.1, 0.15) is 18.4 Å². The maximum Gasteiger partial charge on any atom is 0.326 e. The molecule has 0 aromatic heterocycles. The zero-order chi connectivity index (χ0) is 24.3. The van der Waals surface area contributed by atoms with Gasteiger partial charge in [-0.05, 0) is 24.1 Å². The predicted octanol–water partition coefficient (Wildman–Crippen LogP) is -2.37. The van der Waals surface area contributed by atoms with E-state index in [4.69, 9.17) is 11.5 Å². The van der Waals surface area contributed by atoms with E-state index in [1.54, 1.807) is 12.1 Å². The number of carbonyl (C=O) groups excluding carboxylic acids is 4. The standard InChI is InChI=1S/C19H27N5O7S/c20-8-16(27)22-13(7-10-1-3-11(25)4-2-10)17(28)24-14(9-32)18(29)23-12(19(30)31)5-6-15(21)26/h1-4,12-14,25,32H,5-9,20H2,(H2,21,26)(H,22,27)(H,23,29)(H,24,28)(H,30,31). The molecule has 4 amide bonds. The Hall–Kier alpha value is -3.32. The van der Waals surface area contributed by atoms with Crippen LogP contribution in [0, 0.1) is 0 Å². The number of nitrogens with one attached hydrogen (secondary N) is 3. The number of hydrogen-bond acceptors (Lipinski definition) is 8. The smallest absolute Gasteiger partial charge is 0.326 e. The van der Waals surface area contributed by atoms with Gasteiger partial charge in [0.2, 0.25) is 23.6 Å². The first-order valence-corrected chi connectivity index (χ1v) is 10.2. The second-order valence-electron chi connectivity index (χ2n) is 6.84. The van der Waals surface area contributed by atoms with Crippen LogP contribution < -0.4 is 27.4 Å². The van der Waals surface area contributed by atoms with Crippen molar-refractivity contribution in [1.29, 1.82) is 0 Å². The van der Waals surface area contributed by atoms with E-state index >= 15 is 0 Å². The van der Waals surface area contributed by atoms with Crippen LogP contribution in [0.25, 0.3) is 0 Å². The van der Waals surface area contributed by atoms with Crippen LogP contribution in [0.4, 0.5) is 0 Å². The largest absolute Gasteiger partial charge is 0.508 e. The second-order valence-corrected chi connectivity index (χ2v) is 7.21. The number of aromatic hydroxyl groups is 1. The van der Waals surface area contributed by atoms with Gasteiger partial charge in [0.15, 0.2) is 0 Å². The molecule has 0 saturated heterocycles. The van der Waals surface area contributed by atoms with Gasteiger partial charge in [-0.2, -0.15) is 12.6 Å². The number of amides is 4. The Morgan fingerprint density at radius 3 is 2.00 bits per heavy atom. The molecule has 3 atom stereocenters. The summed E-state index contributed by atoms with van der Waals surface area (Å²) in [6, 6.07) is 2.23. The molecule has 0 aliphatic rings. The first-order valence-electron chi connectivity index (χ1n) is 9.57. The molecule has 1 aromatic rings. The molecule has 0 bridgehead atoms. The number of carbonyl (C=O) groups is 5. The third-order valence-electron chi connectivity index (χ3n) is 4.32. The highest BCUT2D eigenvalue weighted by atomic mass is 32.1. The van der Waals surface area contributed by atoms with Gasteiger partial charge in [0.1, 0.15) is 23.9 Å². The van der Waals surface area contributed by atoms with Gasteiger partial charge in [0, 0.05) is 18.6 Å². The molecule has 0 spiro atoms. The van der Waals surface area contributed by atoms with Crippen LogP contribution in [-0.4, -0.2) is 70.2 Å². The van der Waals surface area contributed by atoms with Crippen molar-refractivity contribution < 1.29 is 34.2 Å². The number of carboxylic acid groups (broad SMARTS) is 1. The Bertz CT molecular complexity index is 834. The number of phenols is 1. The van der Waals surface area contributed by atoms with E-state index in [0.717, 1.165) is 0 Å². The van der Waals surface area contributed by atoms with Gasteiger partial charge in [-0.1, -0.05) is 12.1 Å². The number of hydrogen-bond donors (Lipinski definition) is 8. The average molecular weight is 470 g/mol. The topological polar surface area (TPSA) is 214 Å². The first-order chi connectivity index (χ1) is 15.1. The summed E-state index contributed by atoms with van der Waals surface area (Å²) >= 11 is 4.02. The molecule has 0 heterocycles. The SMILES string of the molecule is NCC(=O)NC(Cc1ccc(O)cc1)C(=O)NC(CS)C(=O)NC(CCC(N)=O)C(=O)O. The quantitative estimate of drug-likeness (QED) is 0.146. The monoisotopic (exact) mass is 469 g/mol. The molecule has 12 nitrogen and oxygen atoms in total. The number of primary amides is 1. The lowest BCUT2D eigenvalue weighted by molar-refractivity contribution is -0.142. The molecule has 1 aromatic carbocycles. The summed E-state index contributed by atoms with van der Waals surface area (Å²) in [4.78, 5) is 59.2. The lowest BCUT2D eigenvalue weighted by Gasteiger charge is -2.23. The van der Waals surface area contributed by atoms with Gasteiger partial charge in [0.25, 0.3) is 0 Å². The fourth-order valence-electron chi connectivity index (χ4n) is 2.61. The summed E-state index contributed by atoms with van der Waals surface area (Å²) in [7, 11) is 0. The molecule has 0 radical (unpaired) electrons. The second kappa shape index (κ2) is 13.2. The Morgan fingerprint density at radius 2 is 1.50 bits per heavy atom. The van der Waals surface area contributed by atoms with E-state index in [1.165, 1.54) is 12.1 Å². The summed E-state index contributed by atoms with van der Waals surface area (Å²) in [5.74, 6) is -4.40. The van der Waals surface area contributed by atoms with Crippen molar-refractivity contribution in [1.82, 2.24) is 16.0 Å². The molecule has 1 rings (SSSR count). The summed E-state index contributed by atoms with van der Waals surface area (Å²) in [6.45, 7) is -0.365. The Kier molecular flexibility index (Phi) is 11.0. The number of thiol groups is 1. The normalized spacial score (nSPS) is 13.3. The summed E-state index contributed by atoms with van der Waals surface area (Å²) in [5, 5.41) is 25.7. The van der Waals surface area contributed by atoms with Crippen molar-refractivity contribution in [2.24, 2.45) is 11.5 Å². The lowest BCUT2D eigenvalue weighted by atomic mass is 10.0. The highest BCUT2D eigenvalue weighted by Gasteiger charge is 2.29. The molecule has 0 aliphatic heterocycles. The summed E-state index contributed by atoms with van der Waals surface area (Å²) in [6.07, 6.45) is -0.441. The van der Waals surface area contributed by atoms with Crippen molar-refractivity contribution in [2.75, 3.05) is 12.3 Å². The Labute approximate surface area is 189 Å². The summed E-state index contributed by atoms with van der Waals surface area (Å²) in [5.41, 5.74) is 10.9. The Balaban J connectivity index is 2.89. The minimum absolute atomic E-state index is 0.0249. The minimum atomic E-state index is -1.39. The van der Waals surface area contributed by atoms with Crippen LogP contribution in [0.15, 0.2) is 24.3 Å². The van der Waals surface area contributed by atoms with Crippen molar-refractivity contribution in [3.8, 4) is 5.75 Å². The van der Waals surface area contributed by atoms with Gasteiger partial charge in [0.05, 0.1) is 6.54 Å². The molecule has 0 fully saturated rings. The fraction of sp³-hybridized carbons (Fsp3) is 0.421. The van der Waals surface area contributed by atoms with Crippen molar-refractivity contribution in [3.05, 3.63) is 29.8 Å². The number of benzene rings is 1. The van der Waals surface area contributed by atoms with E-state index < -0.39 is 47.7 Å². The third-order valence-corrected chi connectivity index (χ3v) is 4.69. The van der Waals surface area contributed by atoms with Crippen LogP contribution in [0.2, 0.25) is 0 Å². The predicted molar refractivity (Wildman–Crippen MR) is 117 cm³/mol. The van der Waals surface area contributed by atoms with Gasteiger partial charge < -0.3 is 37.6 Å². The lowest BCUT2D eigenvalue weighted by Crippen LogP contribution is -2.57. The zero-order valence-corrected chi connectivity index (χ0v) is 18.0. The van der Waals surface area contributed by atoms with E-state index in [0.29, 0.717) is 5.56 Å².